The number of thiazole rings is 1. The van der Waals surface area contributed by atoms with Crippen molar-refractivity contribution < 1.29 is 18.0 Å². The molecule has 23 heavy (non-hydrogen) atoms. The van der Waals surface area contributed by atoms with Crippen molar-refractivity contribution in [2.45, 2.75) is 33.0 Å². The van der Waals surface area contributed by atoms with E-state index in [0.29, 0.717) is 10.5 Å². The number of alkyl halides is 3. The molecule has 0 atom stereocenters. The van der Waals surface area contributed by atoms with Crippen LogP contribution in [0, 0.1) is 6.92 Å². The minimum absolute atomic E-state index is 0.0492. The van der Waals surface area contributed by atoms with Crippen molar-refractivity contribution in [3.05, 3.63) is 45.7 Å². The molecule has 2 aromatic rings. The molecule has 0 unspecified atom stereocenters. The van der Waals surface area contributed by atoms with Crippen LogP contribution in [0.3, 0.4) is 0 Å². The zero-order valence-electron chi connectivity index (χ0n) is 12.8. The van der Waals surface area contributed by atoms with Gasteiger partial charge in [0, 0.05) is 22.8 Å². The first-order valence-electron chi connectivity index (χ1n) is 6.89. The van der Waals surface area contributed by atoms with Gasteiger partial charge >= 0.3 is 12.2 Å². The fraction of sp³-hybridized carbons (Fsp3) is 0.333. The number of rotatable bonds is 2. The molecule has 2 rings (SSSR count). The number of benzene rings is 1. The summed E-state index contributed by atoms with van der Waals surface area (Å²) in [5.74, 6) is 0. The zero-order chi connectivity index (χ0) is 17.2. The SMILES string of the molecule is Cc1cn(-c2ccc(C(F)(F)F)cc2)c(=NC(=O)NC(C)C)s1. The summed E-state index contributed by atoms with van der Waals surface area (Å²) in [7, 11) is 0. The van der Waals surface area contributed by atoms with Crippen LogP contribution < -0.4 is 10.1 Å². The van der Waals surface area contributed by atoms with Crippen molar-refractivity contribution in [2.24, 2.45) is 4.99 Å². The number of nitrogens with zero attached hydrogens (tertiary/aromatic N) is 2. The molecule has 8 heteroatoms. The summed E-state index contributed by atoms with van der Waals surface area (Å²) in [6, 6.07) is 4.19. The zero-order valence-corrected chi connectivity index (χ0v) is 13.6. The number of hydrogen-bond acceptors (Lipinski definition) is 2. The summed E-state index contributed by atoms with van der Waals surface area (Å²) >= 11 is 1.29. The average Bonchev–Trinajstić information content (AvgIpc) is 2.77. The molecule has 0 aliphatic rings. The average molecular weight is 343 g/mol. The van der Waals surface area contributed by atoms with Crippen LogP contribution in [0.2, 0.25) is 0 Å². The molecular weight excluding hydrogens is 327 g/mol. The number of hydrogen-bond donors (Lipinski definition) is 1. The van der Waals surface area contributed by atoms with E-state index >= 15 is 0 Å². The van der Waals surface area contributed by atoms with E-state index in [9.17, 15) is 18.0 Å². The fourth-order valence-corrected chi connectivity index (χ4v) is 2.73. The van der Waals surface area contributed by atoms with Crippen molar-refractivity contribution in [1.82, 2.24) is 9.88 Å². The molecule has 1 N–H and O–H groups in total. The first-order chi connectivity index (χ1) is 10.7. The summed E-state index contributed by atoms with van der Waals surface area (Å²) in [6.07, 6.45) is -2.65. The Morgan fingerprint density at radius 2 is 1.87 bits per heavy atom. The minimum atomic E-state index is -4.38. The second-order valence-electron chi connectivity index (χ2n) is 5.26. The summed E-state index contributed by atoms with van der Waals surface area (Å²) in [4.78, 5) is 17.0. The van der Waals surface area contributed by atoms with Crippen LogP contribution in [-0.4, -0.2) is 16.6 Å². The Morgan fingerprint density at radius 3 is 2.39 bits per heavy atom. The Balaban J connectivity index is 2.41. The summed E-state index contributed by atoms with van der Waals surface area (Å²) in [5.41, 5.74) is -0.205. The van der Waals surface area contributed by atoms with Crippen LogP contribution in [0.15, 0.2) is 35.5 Å². The predicted octanol–water partition coefficient (Wildman–Crippen LogP) is 3.88. The maximum atomic E-state index is 12.6. The first kappa shape index (κ1) is 17.3. The highest BCUT2D eigenvalue weighted by molar-refractivity contribution is 7.09. The number of halogens is 3. The Bertz CT molecular complexity index is 758. The highest BCUT2D eigenvalue weighted by Gasteiger charge is 2.30. The van der Waals surface area contributed by atoms with Gasteiger partial charge in [0.05, 0.1) is 5.56 Å². The number of aromatic nitrogens is 1. The Labute approximate surface area is 135 Å². The van der Waals surface area contributed by atoms with Gasteiger partial charge in [-0.2, -0.15) is 18.2 Å². The Hall–Kier alpha value is -2.09. The van der Waals surface area contributed by atoms with Crippen LogP contribution in [-0.2, 0) is 6.18 Å². The third-order valence-electron chi connectivity index (χ3n) is 2.85. The normalized spacial score (nSPS) is 12.7. The van der Waals surface area contributed by atoms with Gasteiger partial charge in [-0.3, -0.25) is 4.57 Å². The van der Waals surface area contributed by atoms with Gasteiger partial charge in [-0.1, -0.05) is 0 Å². The second-order valence-corrected chi connectivity index (χ2v) is 6.47. The van der Waals surface area contributed by atoms with E-state index in [4.69, 9.17) is 0 Å². The summed E-state index contributed by atoms with van der Waals surface area (Å²) in [5, 5.41) is 2.65. The summed E-state index contributed by atoms with van der Waals surface area (Å²) in [6.45, 7) is 5.47. The molecule has 0 aliphatic heterocycles. The van der Waals surface area contributed by atoms with E-state index in [2.05, 4.69) is 10.3 Å². The van der Waals surface area contributed by atoms with Gasteiger partial charge < -0.3 is 5.32 Å². The van der Waals surface area contributed by atoms with Gasteiger partial charge in [-0.25, -0.2) is 4.79 Å². The molecule has 0 saturated carbocycles. The topological polar surface area (TPSA) is 46.4 Å². The highest BCUT2D eigenvalue weighted by atomic mass is 32.1. The molecule has 0 bridgehead atoms. The molecule has 0 aliphatic carbocycles. The molecule has 124 valence electrons. The van der Waals surface area contributed by atoms with Crippen LogP contribution in [0.25, 0.3) is 5.69 Å². The lowest BCUT2D eigenvalue weighted by Gasteiger charge is -2.08. The molecule has 1 aromatic heterocycles. The molecule has 0 saturated heterocycles. The fourth-order valence-electron chi connectivity index (χ4n) is 1.90. The monoisotopic (exact) mass is 343 g/mol. The van der Waals surface area contributed by atoms with E-state index in [1.54, 1.807) is 10.8 Å². The van der Waals surface area contributed by atoms with Crippen molar-refractivity contribution in [3.8, 4) is 5.69 Å². The lowest BCUT2D eigenvalue weighted by Crippen LogP contribution is -2.29. The van der Waals surface area contributed by atoms with Crippen LogP contribution in [0.4, 0.5) is 18.0 Å². The number of aryl methyl sites for hydroxylation is 1. The summed E-state index contributed by atoms with van der Waals surface area (Å²) < 4.78 is 39.5. The quantitative estimate of drug-likeness (QED) is 0.884. The van der Waals surface area contributed by atoms with Gasteiger partial charge in [-0.15, -0.1) is 11.3 Å². The van der Waals surface area contributed by atoms with Crippen molar-refractivity contribution in [1.29, 1.82) is 0 Å². The van der Waals surface area contributed by atoms with Crippen molar-refractivity contribution >= 4 is 17.4 Å². The van der Waals surface area contributed by atoms with Crippen LogP contribution in [0.1, 0.15) is 24.3 Å². The molecule has 0 radical (unpaired) electrons. The Morgan fingerprint density at radius 1 is 1.26 bits per heavy atom. The molecule has 4 nitrogen and oxygen atoms in total. The maximum absolute atomic E-state index is 12.6. The minimum Gasteiger partial charge on any atom is -0.334 e. The maximum Gasteiger partial charge on any atom is 0.416 e. The third kappa shape index (κ3) is 4.44. The van der Waals surface area contributed by atoms with Crippen LogP contribution >= 0.6 is 11.3 Å². The Kier molecular flexibility index (Phi) is 4.93. The van der Waals surface area contributed by atoms with E-state index in [1.807, 2.05) is 20.8 Å². The molecule has 0 spiro atoms. The van der Waals surface area contributed by atoms with Crippen molar-refractivity contribution in [3.63, 3.8) is 0 Å². The molecule has 1 aromatic carbocycles. The largest absolute Gasteiger partial charge is 0.416 e. The van der Waals surface area contributed by atoms with Gasteiger partial charge in [0.2, 0.25) is 0 Å². The number of nitrogens with one attached hydrogen (secondary N) is 1. The van der Waals surface area contributed by atoms with Gasteiger partial charge in [0.25, 0.3) is 0 Å². The number of carbonyl (C=O) groups excluding carboxylic acids is 1. The van der Waals surface area contributed by atoms with Crippen LogP contribution in [0.5, 0.6) is 0 Å². The van der Waals surface area contributed by atoms with E-state index < -0.39 is 17.8 Å². The molecular formula is C15H16F3N3OS. The van der Waals surface area contributed by atoms with E-state index in [1.165, 1.54) is 23.5 Å². The predicted molar refractivity (Wildman–Crippen MR) is 82.6 cm³/mol. The highest BCUT2D eigenvalue weighted by Crippen LogP contribution is 2.29. The lowest BCUT2D eigenvalue weighted by atomic mass is 10.2. The van der Waals surface area contributed by atoms with Gasteiger partial charge in [0.1, 0.15) is 0 Å². The lowest BCUT2D eigenvalue weighted by molar-refractivity contribution is -0.137. The third-order valence-corrected chi connectivity index (χ3v) is 3.75. The smallest absolute Gasteiger partial charge is 0.334 e. The van der Waals surface area contributed by atoms with Gasteiger partial charge in [0.15, 0.2) is 4.80 Å². The molecule has 1 heterocycles. The first-order valence-corrected chi connectivity index (χ1v) is 7.70. The van der Waals surface area contributed by atoms with Crippen molar-refractivity contribution in [2.75, 3.05) is 0 Å². The number of carbonyl (C=O) groups is 1. The van der Waals surface area contributed by atoms with Gasteiger partial charge in [-0.05, 0) is 45.0 Å². The van der Waals surface area contributed by atoms with E-state index in [0.717, 1.165) is 17.0 Å². The number of amides is 2. The standard InChI is InChI=1S/C15H16F3N3OS/c1-9(2)19-13(22)20-14-21(8-10(3)23-14)12-6-4-11(5-7-12)15(16,17)18/h4-9H,1-3H3,(H,19,22). The molecule has 2 amide bonds. The molecule has 0 fully saturated rings. The second kappa shape index (κ2) is 6.57. The number of urea groups is 1. The van der Waals surface area contributed by atoms with E-state index in [-0.39, 0.29) is 6.04 Å².